The summed E-state index contributed by atoms with van der Waals surface area (Å²) in [6, 6.07) is -0.504. The van der Waals surface area contributed by atoms with Crippen molar-refractivity contribution < 1.29 is 14.7 Å². The standard InChI is InChI=1S/C17H34N2O3/c1-5-8-9-11-14(15(20)17(22)18-12-7-3)19-16(21)13(4)10-6-2/h13-15,20H,5-12H2,1-4H3,(H,18,22)(H,19,21)/t13-,14-,15?/m0/s1. The van der Waals surface area contributed by atoms with Crippen LogP contribution in [0, 0.1) is 5.92 Å². The van der Waals surface area contributed by atoms with Crippen molar-refractivity contribution in [3.63, 3.8) is 0 Å². The smallest absolute Gasteiger partial charge is 0.250 e. The summed E-state index contributed by atoms with van der Waals surface area (Å²) in [5, 5.41) is 15.8. The summed E-state index contributed by atoms with van der Waals surface area (Å²) in [5.41, 5.74) is 0. The minimum Gasteiger partial charge on any atom is -0.381 e. The summed E-state index contributed by atoms with van der Waals surface area (Å²) in [7, 11) is 0. The molecular formula is C17H34N2O3. The largest absolute Gasteiger partial charge is 0.381 e. The van der Waals surface area contributed by atoms with E-state index in [0.29, 0.717) is 13.0 Å². The summed E-state index contributed by atoms with van der Waals surface area (Å²) in [5.74, 6) is -0.568. The first-order chi connectivity index (χ1) is 10.5. The predicted octanol–water partition coefficient (Wildman–Crippen LogP) is 2.37. The third kappa shape index (κ3) is 8.37. The number of carbonyl (C=O) groups is 2. The van der Waals surface area contributed by atoms with E-state index in [4.69, 9.17) is 0 Å². The molecule has 2 amide bonds. The van der Waals surface area contributed by atoms with E-state index in [9.17, 15) is 14.7 Å². The van der Waals surface area contributed by atoms with Gasteiger partial charge in [-0.3, -0.25) is 9.59 Å². The zero-order chi connectivity index (χ0) is 17.0. The second-order valence-electron chi connectivity index (χ2n) is 6.04. The third-order valence-corrected chi connectivity index (χ3v) is 3.81. The monoisotopic (exact) mass is 314 g/mol. The van der Waals surface area contributed by atoms with Gasteiger partial charge in [-0.2, -0.15) is 0 Å². The van der Waals surface area contributed by atoms with Gasteiger partial charge in [0.15, 0.2) is 6.10 Å². The first kappa shape index (κ1) is 20.9. The number of hydrogen-bond acceptors (Lipinski definition) is 3. The molecule has 0 radical (unpaired) electrons. The Balaban J connectivity index is 4.65. The lowest BCUT2D eigenvalue weighted by Gasteiger charge is -2.25. The Morgan fingerprint density at radius 1 is 0.955 bits per heavy atom. The van der Waals surface area contributed by atoms with E-state index in [0.717, 1.165) is 38.5 Å². The molecule has 5 heteroatoms. The zero-order valence-electron chi connectivity index (χ0n) is 14.7. The first-order valence-corrected chi connectivity index (χ1v) is 8.73. The molecule has 0 bridgehead atoms. The molecule has 130 valence electrons. The van der Waals surface area contributed by atoms with Crippen molar-refractivity contribution in [2.75, 3.05) is 6.54 Å². The number of rotatable bonds is 12. The Kier molecular flexibility index (Phi) is 11.8. The molecule has 0 aromatic carbocycles. The van der Waals surface area contributed by atoms with E-state index in [2.05, 4.69) is 17.6 Å². The van der Waals surface area contributed by atoms with Gasteiger partial charge in [0.1, 0.15) is 0 Å². The van der Waals surface area contributed by atoms with Gasteiger partial charge in [0.25, 0.3) is 5.91 Å². The Bertz CT molecular complexity index is 321. The molecule has 0 aromatic rings. The number of hydrogen-bond donors (Lipinski definition) is 3. The van der Waals surface area contributed by atoms with Gasteiger partial charge in [0.05, 0.1) is 6.04 Å². The molecule has 5 nitrogen and oxygen atoms in total. The molecule has 0 spiro atoms. The number of amides is 2. The van der Waals surface area contributed by atoms with Crippen molar-refractivity contribution in [1.29, 1.82) is 0 Å². The maximum atomic E-state index is 12.2. The molecule has 0 aliphatic heterocycles. The Labute approximate surface area is 135 Å². The van der Waals surface area contributed by atoms with Crippen molar-refractivity contribution in [2.24, 2.45) is 5.92 Å². The lowest BCUT2D eigenvalue weighted by molar-refractivity contribution is -0.133. The minimum atomic E-state index is -1.18. The van der Waals surface area contributed by atoms with Crippen molar-refractivity contribution in [3.8, 4) is 0 Å². The Morgan fingerprint density at radius 2 is 1.64 bits per heavy atom. The van der Waals surface area contributed by atoms with E-state index in [1.54, 1.807) is 0 Å². The van der Waals surface area contributed by atoms with Crippen LogP contribution in [0.2, 0.25) is 0 Å². The van der Waals surface area contributed by atoms with E-state index >= 15 is 0 Å². The molecule has 0 aliphatic carbocycles. The van der Waals surface area contributed by atoms with Crippen LogP contribution in [0.5, 0.6) is 0 Å². The average Bonchev–Trinajstić information content (AvgIpc) is 2.51. The van der Waals surface area contributed by atoms with Gasteiger partial charge >= 0.3 is 0 Å². The van der Waals surface area contributed by atoms with Gasteiger partial charge in [-0.1, -0.05) is 53.4 Å². The molecular weight excluding hydrogens is 280 g/mol. The molecule has 22 heavy (non-hydrogen) atoms. The highest BCUT2D eigenvalue weighted by atomic mass is 16.3. The van der Waals surface area contributed by atoms with Gasteiger partial charge < -0.3 is 15.7 Å². The molecule has 0 saturated heterocycles. The van der Waals surface area contributed by atoms with Gasteiger partial charge in [-0.05, 0) is 19.3 Å². The molecule has 0 aliphatic rings. The van der Waals surface area contributed by atoms with Crippen LogP contribution in [0.3, 0.4) is 0 Å². The number of aliphatic hydroxyl groups is 1. The van der Waals surface area contributed by atoms with Gasteiger partial charge in [-0.15, -0.1) is 0 Å². The van der Waals surface area contributed by atoms with Gasteiger partial charge in [0, 0.05) is 12.5 Å². The van der Waals surface area contributed by atoms with Crippen LogP contribution >= 0.6 is 0 Å². The van der Waals surface area contributed by atoms with Crippen molar-refractivity contribution in [1.82, 2.24) is 10.6 Å². The predicted molar refractivity (Wildman–Crippen MR) is 89.5 cm³/mol. The quantitative estimate of drug-likeness (QED) is 0.484. The fraction of sp³-hybridized carbons (Fsp3) is 0.882. The SMILES string of the molecule is CCCCC[C@H](NC(=O)[C@@H](C)CCC)C(O)C(=O)NCCC. The zero-order valence-corrected chi connectivity index (χ0v) is 14.7. The summed E-state index contributed by atoms with van der Waals surface area (Å²) >= 11 is 0. The van der Waals surface area contributed by atoms with Crippen LogP contribution in [0.1, 0.15) is 72.6 Å². The van der Waals surface area contributed by atoms with Crippen molar-refractivity contribution in [3.05, 3.63) is 0 Å². The van der Waals surface area contributed by atoms with Gasteiger partial charge in [-0.25, -0.2) is 0 Å². The number of aliphatic hydroxyl groups excluding tert-OH is 1. The molecule has 0 heterocycles. The number of carbonyl (C=O) groups excluding carboxylic acids is 2. The highest BCUT2D eigenvalue weighted by Gasteiger charge is 2.28. The average molecular weight is 314 g/mol. The lowest BCUT2D eigenvalue weighted by atomic mass is 10.00. The number of nitrogens with one attached hydrogen (secondary N) is 2. The lowest BCUT2D eigenvalue weighted by Crippen LogP contribution is -2.51. The second kappa shape index (κ2) is 12.4. The van der Waals surface area contributed by atoms with Crippen LogP contribution in [0.15, 0.2) is 0 Å². The summed E-state index contributed by atoms with van der Waals surface area (Å²) in [6.07, 6.45) is 4.99. The number of unbranched alkanes of at least 4 members (excludes halogenated alkanes) is 2. The molecule has 0 fully saturated rings. The fourth-order valence-electron chi connectivity index (χ4n) is 2.35. The summed E-state index contributed by atoms with van der Waals surface area (Å²) < 4.78 is 0. The minimum absolute atomic E-state index is 0.0781. The van der Waals surface area contributed by atoms with Crippen LogP contribution in [-0.2, 0) is 9.59 Å². The highest BCUT2D eigenvalue weighted by molar-refractivity contribution is 5.83. The van der Waals surface area contributed by atoms with Crippen molar-refractivity contribution >= 4 is 11.8 Å². The molecule has 0 aromatic heterocycles. The summed E-state index contributed by atoms with van der Waals surface area (Å²) in [4.78, 5) is 24.1. The Morgan fingerprint density at radius 3 is 2.18 bits per heavy atom. The molecule has 1 unspecified atom stereocenters. The van der Waals surface area contributed by atoms with E-state index in [1.807, 2.05) is 20.8 Å². The van der Waals surface area contributed by atoms with Crippen LogP contribution < -0.4 is 10.6 Å². The maximum Gasteiger partial charge on any atom is 0.250 e. The molecule has 0 rings (SSSR count). The van der Waals surface area contributed by atoms with Crippen LogP contribution in [0.25, 0.3) is 0 Å². The van der Waals surface area contributed by atoms with Gasteiger partial charge in [0.2, 0.25) is 5.91 Å². The first-order valence-electron chi connectivity index (χ1n) is 8.73. The van der Waals surface area contributed by atoms with Crippen LogP contribution in [-0.4, -0.2) is 35.6 Å². The summed E-state index contributed by atoms with van der Waals surface area (Å²) in [6.45, 7) is 8.51. The normalized spacial score (nSPS) is 15.0. The van der Waals surface area contributed by atoms with Crippen molar-refractivity contribution in [2.45, 2.75) is 84.8 Å². The second-order valence-corrected chi connectivity index (χ2v) is 6.04. The fourth-order valence-corrected chi connectivity index (χ4v) is 2.35. The van der Waals surface area contributed by atoms with E-state index in [-0.39, 0.29) is 11.8 Å². The molecule has 3 N–H and O–H groups in total. The molecule has 3 atom stereocenters. The topological polar surface area (TPSA) is 78.4 Å². The van der Waals surface area contributed by atoms with E-state index in [1.165, 1.54) is 0 Å². The van der Waals surface area contributed by atoms with Crippen LogP contribution in [0.4, 0.5) is 0 Å². The highest BCUT2D eigenvalue weighted by Crippen LogP contribution is 2.11. The maximum absolute atomic E-state index is 12.2. The molecule has 0 saturated carbocycles. The Hall–Kier alpha value is -1.10. The third-order valence-electron chi connectivity index (χ3n) is 3.81. The van der Waals surface area contributed by atoms with E-state index < -0.39 is 18.1 Å².